The van der Waals surface area contributed by atoms with E-state index in [1.54, 1.807) is 12.4 Å². The number of anilines is 1. The van der Waals surface area contributed by atoms with E-state index in [0.29, 0.717) is 13.1 Å². The van der Waals surface area contributed by atoms with Crippen molar-refractivity contribution in [2.45, 2.75) is 6.92 Å². The molecule has 0 radical (unpaired) electrons. The first kappa shape index (κ1) is 9.51. The van der Waals surface area contributed by atoms with Crippen LogP contribution in [0.25, 0.3) is 0 Å². The fraction of sp³-hybridized carbons (Fsp3) is 0.333. The van der Waals surface area contributed by atoms with Crippen LogP contribution in [0.2, 0.25) is 0 Å². The van der Waals surface area contributed by atoms with Crippen molar-refractivity contribution in [3.63, 3.8) is 0 Å². The zero-order chi connectivity index (χ0) is 9.52. The number of carbonyl (C=O) groups excluding carboxylic acids is 1. The molecule has 0 aromatic carbocycles. The van der Waals surface area contributed by atoms with Crippen LogP contribution in [-0.4, -0.2) is 24.0 Å². The molecule has 1 aromatic heterocycles. The molecule has 0 unspecified atom stereocenters. The molecular formula is C9H13N3O. The van der Waals surface area contributed by atoms with Gasteiger partial charge in [0.2, 0.25) is 5.91 Å². The van der Waals surface area contributed by atoms with E-state index in [9.17, 15) is 4.79 Å². The largest absolute Gasteiger partial charge is 0.382 e. The lowest BCUT2D eigenvalue weighted by Crippen LogP contribution is -2.26. The molecule has 4 nitrogen and oxygen atoms in total. The Morgan fingerprint density at radius 1 is 1.54 bits per heavy atom. The van der Waals surface area contributed by atoms with Crippen LogP contribution in [-0.2, 0) is 4.79 Å². The highest BCUT2D eigenvalue weighted by molar-refractivity contribution is 5.72. The highest BCUT2D eigenvalue weighted by Gasteiger charge is 1.91. The zero-order valence-corrected chi connectivity index (χ0v) is 7.58. The van der Waals surface area contributed by atoms with Crippen LogP contribution >= 0.6 is 0 Å². The van der Waals surface area contributed by atoms with Crippen LogP contribution in [0.3, 0.4) is 0 Å². The average molecular weight is 179 g/mol. The van der Waals surface area contributed by atoms with Crippen molar-refractivity contribution >= 4 is 11.6 Å². The van der Waals surface area contributed by atoms with Crippen LogP contribution in [0.4, 0.5) is 5.69 Å². The molecule has 0 aliphatic rings. The minimum Gasteiger partial charge on any atom is -0.382 e. The number of pyridine rings is 1. The van der Waals surface area contributed by atoms with Crippen LogP contribution < -0.4 is 10.6 Å². The summed E-state index contributed by atoms with van der Waals surface area (Å²) in [6.45, 7) is 2.85. The number of nitrogens with zero attached hydrogens (tertiary/aromatic N) is 1. The van der Waals surface area contributed by atoms with Gasteiger partial charge in [-0.2, -0.15) is 0 Å². The van der Waals surface area contributed by atoms with Gasteiger partial charge >= 0.3 is 0 Å². The van der Waals surface area contributed by atoms with Gasteiger partial charge in [0.25, 0.3) is 0 Å². The number of nitrogens with one attached hydrogen (secondary N) is 2. The first-order valence-corrected chi connectivity index (χ1v) is 4.17. The Labute approximate surface area is 77.4 Å². The number of carbonyl (C=O) groups is 1. The van der Waals surface area contributed by atoms with Crippen molar-refractivity contribution in [1.82, 2.24) is 10.3 Å². The number of aromatic nitrogens is 1. The van der Waals surface area contributed by atoms with Gasteiger partial charge in [-0.05, 0) is 12.1 Å². The monoisotopic (exact) mass is 179 g/mol. The smallest absolute Gasteiger partial charge is 0.216 e. The van der Waals surface area contributed by atoms with E-state index in [2.05, 4.69) is 15.6 Å². The molecule has 0 saturated heterocycles. The molecule has 0 saturated carbocycles. The molecule has 2 N–H and O–H groups in total. The molecule has 0 spiro atoms. The summed E-state index contributed by atoms with van der Waals surface area (Å²) in [4.78, 5) is 14.5. The minimum absolute atomic E-state index is 0.00649. The zero-order valence-electron chi connectivity index (χ0n) is 7.58. The van der Waals surface area contributed by atoms with Crippen molar-refractivity contribution in [2.75, 3.05) is 18.4 Å². The average Bonchev–Trinajstić information content (AvgIpc) is 2.14. The predicted octanol–water partition coefficient (Wildman–Crippen LogP) is 0.630. The number of amides is 1. The second-order valence-corrected chi connectivity index (χ2v) is 2.65. The summed E-state index contributed by atoms with van der Waals surface area (Å²) < 4.78 is 0. The van der Waals surface area contributed by atoms with Crippen molar-refractivity contribution in [1.29, 1.82) is 0 Å². The fourth-order valence-electron chi connectivity index (χ4n) is 0.913. The maximum Gasteiger partial charge on any atom is 0.216 e. The van der Waals surface area contributed by atoms with Gasteiger partial charge in [-0.3, -0.25) is 9.78 Å². The lowest BCUT2D eigenvalue weighted by Gasteiger charge is -2.05. The molecule has 70 valence electrons. The summed E-state index contributed by atoms with van der Waals surface area (Å²) in [6, 6.07) is 3.79. The van der Waals surface area contributed by atoms with Gasteiger partial charge < -0.3 is 10.6 Å². The van der Waals surface area contributed by atoms with E-state index in [4.69, 9.17) is 0 Å². The Kier molecular flexibility index (Phi) is 3.75. The summed E-state index contributed by atoms with van der Waals surface area (Å²) >= 11 is 0. The van der Waals surface area contributed by atoms with Gasteiger partial charge in [0.1, 0.15) is 0 Å². The van der Waals surface area contributed by atoms with Crippen molar-refractivity contribution in [3.8, 4) is 0 Å². The predicted molar refractivity (Wildman–Crippen MR) is 51.4 cm³/mol. The third-order valence-corrected chi connectivity index (χ3v) is 1.49. The molecule has 1 rings (SSSR count). The molecule has 0 fully saturated rings. The summed E-state index contributed by atoms with van der Waals surface area (Å²) in [7, 11) is 0. The van der Waals surface area contributed by atoms with Gasteiger partial charge in [-0.15, -0.1) is 0 Å². The van der Waals surface area contributed by atoms with Crippen molar-refractivity contribution in [3.05, 3.63) is 24.5 Å². The van der Waals surface area contributed by atoms with Gasteiger partial charge in [0.15, 0.2) is 0 Å². The first-order valence-electron chi connectivity index (χ1n) is 4.17. The summed E-state index contributed by atoms with van der Waals surface area (Å²) in [5.74, 6) is -0.00649. The van der Waals surface area contributed by atoms with E-state index < -0.39 is 0 Å². The Hall–Kier alpha value is -1.58. The standard InChI is InChI=1S/C9H13N3O/c1-8(13)11-5-6-12-9-3-2-4-10-7-9/h2-4,7,12H,5-6H2,1H3,(H,11,13). The second kappa shape index (κ2) is 5.13. The maximum atomic E-state index is 10.5. The van der Waals surface area contributed by atoms with E-state index in [0.717, 1.165) is 5.69 Å². The third kappa shape index (κ3) is 4.10. The lowest BCUT2D eigenvalue weighted by molar-refractivity contribution is -0.118. The first-order chi connectivity index (χ1) is 6.29. The van der Waals surface area contributed by atoms with Crippen LogP contribution in [0, 0.1) is 0 Å². The van der Waals surface area contributed by atoms with Gasteiger partial charge in [-0.25, -0.2) is 0 Å². The van der Waals surface area contributed by atoms with E-state index in [1.165, 1.54) is 6.92 Å². The highest BCUT2D eigenvalue weighted by Crippen LogP contribution is 2.00. The molecule has 0 aliphatic carbocycles. The maximum absolute atomic E-state index is 10.5. The summed E-state index contributed by atoms with van der Waals surface area (Å²) in [6.07, 6.45) is 3.47. The van der Waals surface area contributed by atoms with Crippen LogP contribution in [0.15, 0.2) is 24.5 Å². The van der Waals surface area contributed by atoms with E-state index >= 15 is 0 Å². The van der Waals surface area contributed by atoms with Gasteiger partial charge in [0.05, 0.1) is 5.69 Å². The van der Waals surface area contributed by atoms with Crippen molar-refractivity contribution < 1.29 is 4.79 Å². The second-order valence-electron chi connectivity index (χ2n) is 2.65. The van der Waals surface area contributed by atoms with Crippen LogP contribution in [0.1, 0.15) is 6.92 Å². The molecule has 0 atom stereocenters. The normalized spacial score (nSPS) is 9.31. The van der Waals surface area contributed by atoms with Gasteiger partial charge in [0, 0.05) is 32.4 Å². The summed E-state index contributed by atoms with van der Waals surface area (Å²) in [5.41, 5.74) is 0.966. The number of hydrogen-bond donors (Lipinski definition) is 2. The van der Waals surface area contributed by atoms with E-state index in [1.807, 2.05) is 12.1 Å². The molecule has 1 aromatic rings. The van der Waals surface area contributed by atoms with Crippen molar-refractivity contribution in [2.24, 2.45) is 0 Å². The molecule has 4 heteroatoms. The molecule has 0 bridgehead atoms. The highest BCUT2D eigenvalue weighted by atomic mass is 16.1. The Balaban J connectivity index is 2.17. The minimum atomic E-state index is -0.00649. The molecule has 1 heterocycles. The SMILES string of the molecule is CC(=O)NCCNc1cccnc1. The van der Waals surface area contributed by atoms with Gasteiger partial charge in [-0.1, -0.05) is 0 Å². The molecule has 0 aliphatic heterocycles. The van der Waals surface area contributed by atoms with Crippen LogP contribution in [0.5, 0.6) is 0 Å². The topological polar surface area (TPSA) is 54.0 Å². The number of hydrogen-bond acceptors (Lipinski definition) is 3. The van der Waals surface area contributed by atoms with E-state index in [-0.39, 0.29) is 5.91 Å². The molecular weight excluding hydrogens is 166 g/mol. The molecule has 1 amide bonds. The Morgan fingerprint density at radius 3 is 3.00 bits per heavy atom. The third-order valence-electron chi connectivity index (χ3n) is 1.49. The fourth-order valence-corrected chi connectivity index (χ4v) is 0.913. The Morgan fingerprint density at radius 2 is 2.38 bits per heavy atom. The summed E-state index contributed by atoms with van der Waals surface area (Å²) in [5, 5.41) is 5.82. The molecule has 13 heavy (non-hydrogen) atoms. The quantitative estimate of drug-likeness (QED) is 0.666. The Bertz CT molecular complexity index is 261. The lowest BCUT2D eigenvalue weighted by atomic mass is 10.4. The number of rotatable bonds is 4.